The molecule has 43 heavy (non-hydrogen) atoms. The van der Waals surface area contributed by atoms with Crippen molar-refractivity contribution >= 4 is 37.9 Å². The summed E-state index contributed by atoms with van der Waals surface area (Å²) in [5, 5.41) is 0. The maximum atomic E-state index is 13.4. The first-order chi connectivity index (χ1) is 19.9. The van der Waals surface area contributed by atoms with Crippen LogP contribution in [0.2, 0.25) is 0 Å². The van der Waals surface area contributed by atoms with E-state index in [1.165, 1.54) is 17.9 Å². The molecule has 0 saturated carbocycles. The molecule has 1 aromatic carbocycles. The second kappa shape index (κ2) is 10.6. The highest BCUT2D eigenvalue weighted by Crippen LogP contribution is 2.41. The molecule has 2 fully saturated rings. The number of alkyl halides is 6. The van der Waals surface area contributed by atoms with Crippen LogP contribution in [0.1, 0.15) is 11.4 Å². The van der Waals surface area contributed by atoms with Gasteiger partial charge in [-0.15, -0.1) is 0 Å². The van der Waals surface area contributed by atoms with Crippen molar-refractivity contribution < 1.29 is 61.6 Å². The van der Waals surface area contributed by atoms with Crippen molar-refractivity contribution in [1.82, 2.24) is 14.3 Å². The van der Waals surface area contributed by atoms with Gasteiger partial charge in [-0.3, -0.25) is 9.08 Å². The minimum atomic E-state index is -5.94. The van der Waals surface area contributed by atoms with Gasteiger partial charge in [0.2, 0.25) is 16.0 Å². The lowest BCUT2D eigenvalue weighted by Crippen LogP contribution is -2.49. The zero-order valence-electron chi connectivity index (χ0n) is 21.8. The van der Waals surface area contributed by atoms with Gasteiger partial charge >= 0.3 is 27.9 Å². The van der Waals surface area contributed by atoms with E-state index in [2.05, 4.69) is 14.2 Å². The molecule has 2 saturated heterocycles. The fourth-order valence-electron chi connectivity index (χ4n) is 4.66. The summed E-state index contributed by atoms with van der Waals surface area (Å²) >= 11 is 0. The molecule has 0 aliphatic carbocycles. The molecule has 236 valence electrons. The summed E-state index contributed by atoms with van der Waals surface area (Å²) < 4.78 is 142. The zero-order chi connectivity index (χ0) is 31.5. The number of nitrogens with zero attached hydrogens (tertiary/aromatic N) is 5. The van der Waals surface area contributed by atoms with Crippen LogP contribution in [0.15, 0.2) is 29.2 Å². The number of hydrogen-bond donors (Lipinski definition) is 0. The molecule has 1 aromatic heterocycles. The van der Waals surface area contributed by atoms with Crippen LogP contribution >= 0.6 is 0 Å². The summed E-state index contributed by atoms with van der Waals surface area (Å²) in [7, 11) is -10.1. The number of cyclic esters (lactones) is 1. The monoisotopic (exact) mass is 661 g/mol. The minimum absolute atomic E-state index is 0.00373. The molecule has 4 heterocycles. The zero-order valence-corrected chi connectivity index (χ0v) is 23.4. The Morgan fingerprint density at radius 2 is 1.67 bits per heavy atom. The maximum Gasteiger partial charge on any atom is 0.523 e. The summed E-state index contributed by atoms with van der Waals surface area (Å²) in [5.74, 6) is -0.247. The largest absolute Gasteiger partial charge is 0.523 e. The first-order valence-corrected chi connectivity index (χ1v) is 15.1. The Morgan fingerprint density at radius 1 is 1.00 bits per heavy atom. The van der Waals surface area contributed by atoms with E-state index >= 15 is 0 Å². The molecule has 2 aromatic rings. The van der Waals surface area contributed by atoms with Gasteiger partial charge in [0.15, 0.2) is 6.10 Å². The molecule has 0 radical (unpaired) electrons. The van der Waals surface area contributed by atoms with Crippen LogP contribution < -0.4 is 14.5 Å². The van der Waals surface area contributed by atoms with Gasteiger partial charge < -0.3 is 14.4 Å². The molecule has 2 atom stereocenters. The van der Waals surface area contributed by atoms with Crippen LogP contribution in [0, 0.1) is 6.92 Å². The second-order valence-electron chi connectivity index (χ2n) is 9.57. The number of ether oxygens (including phenoxy) is 2. The third-order valence-corrected chi connectivity index (χ3v) is 9.68. The van der Waals surface area contributed by atoms with Gasteiger partial charge in [0.1, 0.15) is 30.7 Å². The number of sulfonamides is 1. The van der Waals surface area contributed by atoms with Gasteiger partial charge in [-0.05, 0) is 25.1 Å². The SMILES string of the molecule is Cc1cc(C(F)(F)F)nc(N2CCN(S(=O)(=O)c3ccc4c(c3)OC[C@H]3[C@@H](COS(=O)(=O)C(F)(F)F)OC(=O)N43)CC2)n1. The molecule has 5 rings (SSSR count). The number of carbonyl (C=O) groups excluding carboxylic acids is 1. The topological polar surface area (TPSA) is 149 Å². The Balaban J connectivity index is 1.28. The molecule has 0 N–H and O–H groups in total. The molecule has 0 unspecified atom stereocenters. The highest BCUT2D eigenvalue weighted by Gasteiger charge is 2.51. The number of halogens is 6. The molecule has 3 aliphatic heterocycles. The van der Waals surface area contributed by atoms with E-state index < -0.39 is 62.4 Å². The van der Waals surface area contributed by atoms with Crippen molar-refractivity contribution in [2.24, 2.45) is 0 Å². The van der Waals surface area contributed by atoms with Crippen molar-refractivity contribution in [3.8, 4) is 5.75 Å². The van der Waals surface area contributed by atoms with Crippen LogP contribution in [-0.2, 0) is 35.2 Å². The molecular formula is C22H21F6N5O8S2. The first kappa shape index (κ1) is 31.0. The summed E-state index contributed by atoms with van der Waals surface area (Å²) in [6.45, 7) is -0.347. The van der Waals surface area contributed by atoms with Gasteiger partial charge in [0, 0.05) is 37.9 Å². The van der Waals surface area contributed by atoms with Crippen LogP contribution in [-0.4, -0.2) is 94.2 Å². The predicted molar refractivity (Wildman–Crippen MR) is 132 cm³/mol. The molecule has 3 aliphatic rings. The fourth-order valence-corrected chi connectivity index (χ4v) is 6.54. The summed E-state index contributed by atoms with van der Waals surface area (Å²) in [4.78, 5) is 22.3. The summed E-state index contributed by atoms with van der Waals surface area (Å²) in [6.07, 6.45) is -7.16. The van der Waals surface area contributed by atoms with Gasteiger partial charge in [-0.25, -0.2) is 23.2 Å². The molecule has 21 heteroatoms. The quantitative estimate of drug-likeness (QED) is 0.255. The molecule has 0 spiro atoms. The Kier molecular flexibility index (Phi) is 7.66. The van der Waals surface area contributed by atoms with Crippen molar-refractivity contribution in [3.05, 3.63) is 35.7 Å². The van der Waals surface area contributed by atoms with Gasteiger partial charge in [-0.2, -0.15) is 39.1 Å². The lowest BCUT2D eigenvalue weighted by Gasteiger charge is -2.35. The number of amides is 1. The van der Waals surface area contributed by atoms with Gasteiger partial charge in [0.25, 0.3) is 0 Å². The number of aromatic nitrogens is 2. The lowest BCUT2D eigenvalue weighted by molar-refractivity contribution is -0.141. The summed E-state index contributed by atoms with van der Waals surface area (Å²) in [5.41, 5.74) is -6.67. The second-order valence-corrected chi connectivity index (χ2v) is 13.1. The Labute approximate surface area is 240 Å². The average Bonchev–Trinajstić information content (AvgIpc) is 3.26. The summed E-state index contributed by atoms with van der Waals surface area (Å²) in [6, 6.07) is 3.26. The van der Waals surface area contributed by atoms with Crippen LogP contribution in [0.4, 0.5) is 42.8 Å². The number of anilines is 2. The van der Waals surface area contributed by atoms with Crippen molar-refractivity contribution in [2.75, 3.05) is 49.2 Å². The van der Waals surface area contributed by atoms with E-state index in [4.69, 9.17) is 9.47 Å². The predicted octanol–water partition coefficient (Wildman–Crippen LogP) is 2.27. The number of benzene rings is 1. The van der Waals surface area contributed by atoms with E-state index in [0.29, 0.717) is 0 Å². The smallest absolute Gasteiger partial charge is 0.489 e. The number of carbonyl (C=O) groups is 1. The van der Waals surface area contributed by atoms with Crippen molar-refractivity contribution in [3.63, 3.8) is 0 Å². The minimum Gasteiger partial charge on any atom is -0.489 e. The highest BCUT2D eigenvalue weighted by molar-refractivity contribution is 7.89. The maximum absolute atomic E-state index is 13.4. The normalized spacial score (nSPS) is 21.7. The molecule has 1 amide bonds. The van der Waals surface area contributed by atoms with E-state index in [0.717, 1.165) is 27.4 Å². The van der Waals surface area contributed by atoms with Crippen LogP contribution in [0.3, 0.4) is 0 Å². The van der Waals surface area contributed by atoms with E-state index in [-0.39, 0.29) is 60.8 Å². The fraction of sp³-hybridized carbons (Fsp3) is 0.500. The Morgan fingerprint density at radius 3 is 2.30 bits per heavy atom. The number of piperazine rings is 1. The number of fused-ring (bicyclic) bond motifs is 3. The van der Waals surface area contributed by atoms with Crippen molar-refractivity contribution in [1.29, 1.82) is 0 Å². The van der Waals surface area contributed by atoms with E-state index in [9.17, 15) is 48.0 Å². The number of rotatable bonds is 6. The van der Waals surface area contributed by atoms with Gasteiger partial charge in [-0.1, -0.05) is 0 Å². The van der Waals surface area contributed by atoms with E-state index in [1.54, 1.807) is 0 Å². The molecule has 13 nitrogen and oxygen atoms in total. The Bertz CT molecular complexity index is 1650. The number of aryl methyl sites for hydroxylation is 1. The lowest BCUT2D eigenvalue weighted by atomic mass is 10.1. The molecular weight excluding hydrogens is 640 g/mol. The first-order valence-electron chi connectivity index (χ1n) is 12.3. The third kappa shape index (κ3) is 5.89. The average molecular weight is 662 g/mol. The van der Waals surface area contributed by atoms with Gasteiger partial charge in [0.05, 0.1) is 10.6 Å². The molecule has 0 bridgehead atoms. The van der Waals surface area contributed by atoms with Crippen molar-refractivity contribution in [2.45, 2.75) is 35.6 Å². The highest BCUT2D eigenvalue weighted by atomic mass is 32.2. The van der Waals surface area contributed by atoms with E-state index in [1.807, 2.05) is 0 Å². The number of hydrogen-bond acceptors (Lipinski definition) is 11. The third-order valence-electron chi connectivity index (χ3n) is 6.77. The standard InChI is InChI=1S/C22H21F6N5O8S2/c1-12-8-18(21(23,24)25)30-19(29-12)31-4-6-32(7-5-31)42(35,36)13-2-3-14-16(9-13)39-10-15-17(41-20(34)33(14)15)11-40-43(37,38)22(26,27)28/h2-3,8-9,15,17H,4-7,10-11H2,1H3/t15-,17+/m0/s1. The van der Waals surface area contributed by atoms with Crippen LogP contribution in [0.25, 0.3) is 0 Å². The van der Waals surface area contributed by atoms with Crippen LogP contribution in [0.5, 0.6) is 5.75 Å². The Hall–Kier alpha value is -3.43.